The number of hydrogen-bond acceptors (Lipinski definition) is 3. The Balaban J connectivity index is 2.30. The molecule has 25 heavy (non-hydrogen) atoms. The number of carbonyl (C=O) groups is 1. The summed E-state index contributed by atoms with van der Waals surface area (Å²) in [6.45, 7) is 11.1. The summed E-state index contributed by atoms with van der Waals surface area (Å²) < 4.78 is 27.9. The summed E-state index contributed by atoms with van der Waals surface area (Å²) in [7, 11) is -3.55. The molecule has 1 fully saturated rings. The predicted molar refractivity (Wildman–Crippen MR) is 99.9 cm³/mol. The second-order valence-corrected chi connectivity index (χ2v) is 9.48. The van der Waals surface area contributed by atoms with Crippen LogP contribution >= 0.6 is 0 Å². The summed E-state index contributed by atoms with van der Waals surface area (Å²) >= 11 is 0. The smallest absolute Gasteiger partial charge is 0.243 e. The topological polar surface area (TPSA) is 57.7 Å². The van der Waals surface area contributed by atoms with Crippen molar-refractivity contribution < 1.29 is 13.2 Å². The maximum atomic E-state index is 13.2. The van der Waals surface area contributed by atoms with Gasteiger partial charge in [-0.25, -0.2) is 8.42 Å². The van der Waals surface area contributed by atoms with E-state index >= 15 is 0 Å². The van der Waals surface area contributed by atoms with Gasteiger partial charge in [0, 0.05) is 32.6 Å². The lowest BCUT2D eigenvalue weighted by Crippen LogP contribution is -2.56. The Morgan fingerprint density at radius 3 is 2.20 bits per heavy atom. The first-order valence-corrected chi connectivity index (χ1v) is 10.4. The second-order valence-electron chi connectivity index (χ2n) is 7.59. The van der Waals surface area contributed by atoms with E-state index in [1.165, 1.54) is 0 Å². The van der Waals surface area contributed by atoms with E-state index in [9.17, 15) is 13.2 Å². The highest BCUT2D eigenvalue weighted by molar-refractivity contribution is 7.89. The third-order valence-corrected chi connectivity index (χ3v) is 6.74. The third-order valence-electron chi connectivity index (χ3n) is 4.77. The fourth-order valence-corrected chi connectivity index (χ4v) is 4.96. The molecular weight excluding hydrogens is 336 g/mol. The maximum Gasteiger partial charge on any atom is 0.243 e. The van der Waals surface area contributed by atoms with Crippen LogP contribution < -0.4 is 0 Å². The van der Waals surface area contributed by atoms with Crippen molar-refractivity contribution in [3.05, 3.63) is 29.8 Å². The number of benzene rings is 1. The third kappa shape index (κ3) is 4.61. The fraction of sp³-hybridized carbons (Fsp3) is 0.632. The van der Waals surface area contributed by atoms with Crippen LogP contribution in [0.2, 0.25) is 0 Å². The second kappa shape index (κ2) is 7.87. The summed E-state index contributed by atoms with van der Waals surface area (Å²) in [5.74, 6) is 0.731. The molecule has 0 N–H and O–H groups in total. The van der Waals surface area contributed by atoms with E-state index in [4.69, 9.17) is 0 Å². The number of nitrogens with zero attached hydrogens (tertiary/aromatic N) is 2. The molecule has 0 aliphatic carbocycles. The Hall–Kier alpha value is -1.40. The molecule has 1 aliphatic rings. The van der Waals surface area contributed by atoms with Gasteiger partial charge in [-0.15, -0.1) is 0 Å². The van der Waals surface area contributed by atoms with E-state index in [1.54, 1.807) is 28.3 Å². The minimum Gasteiger partial charge on any atom is -0.340 e. The van der Waals surface area contributed by atoms with Gasteiger partial charge in [0.1, 0.15) is 0 Å². The molecule has 0 aromatic heterocycles. The quantitative estimate of drug-likeness (QED) is 0.805. The zero-order valence-corrected chi connectivity index (χ0v) is 16.7. The van der Waals surface area contributed by atoms with Crippen LogP contribution in [0, 0.1) is 5.92 Å². The average molecular weight is 367 g/mol. The van der Waals surface area contributed by atoms with Gasteiger partial charge in [-0.3, -0.25) is 4.79 Å². The lowest BCUT2D eigenvalue weighted by atomic mass is 10.0. The monoisotopic (exact) mass is 366 g/mol. The SMILES string of the molecule is CC(=O)N1CCN(S(=O)(=O)c2ccc(C(C)C)cc2)C(CC(C)C)C1. The van der Waals surface area contributed by atoms with E-state index in [1.807, 2.05) is 12.1 Å². The molecule has 1 aromatic rings. The standard InChI is InChI=1S/C19H30N2O3S/c1-14(2)12-18-13-20(16(5)22)10-11-21(18)25(23,24)19-8-6-17(7-9-19)15(3)4/h6-9,14-15,18H,10-13H2,1-5H3. The van der Waals surface area contributed by atoms with Crippen LogP contribution in [-0.2, 0) is 14.8 Å². The molecule has 5 nitrogen and oxygen atoms in total. The van der Waals surface area contributed by atoms with Gasteiger partial charge in [-0.2, -0.15) is 4.31 Å². The van der Waals surface area contributed by atoms with Crippen LogP contribution in [0.4, 0.5) is 0 Å². The summed E-state index contributed by atoms with van der Waals surface area (Å²) in [5, 5.41) is 0. The predicted octanol–water partition coefficient (Wildman–Crippen LogP) is 3.08. The van der Waals surface area contributed by atoms with Gasteiger partial charge in [0.05, 0.1) is 4.90 Å². The Bertz CT molecular complexity index is 696. The van der Waals surface area contributed by atoms with Crippen molar-refractivity contribution in [2.45, 2.75) is 57.9 Å². The summed E-state index contributed by atoms with van der Waals surface area (Å²) in [4.78, 5) is 13.8. The van der Waals surface area contributed by atoms with E-state index in [-0.39, 0.29) is 11.9 Å². The number of carbonyl (C=O) groups excluding carboxylic acids is 1. The van der Waals surface area contributed by atoms with Crippen molar-refractivity contribution in [3.8, 4) is 0 Å². The highest BCUT2D eigenvalue weighted by Gasteiger charge is 2.37. The highest BCUT2D eigenvalue weighted by atomic mass is 32.2. The van der Waals surface area contributed by atoms with E-state index < -0.39 is 10.0 Å². The number of sulfonamides is 1. The molecule has 0 bridgehead atoms. The number of amides is 1. The van der Waals surface area contributed by atoms with Gasteiger partial charge < -0.3 is 4.90 Å². The largest absolute Gasteiger partial charge is 0.340 e. The van der Waals surface area contributed by atoms with Crippen molar-refractivity contribution in [1.82, 2.24) is 9.21 Å². The minimum atomic E-state index is -3.55. The van der Waals surface area contributed by atoms with Gasteiger partial charge >= 0.3 is 0 Å². The molecule has 1 aliphatic heterocycles. The van der Waals surface area contributed by atoms with E-state index in [0.29, 0.717) is 36.4 Å². The van der Waals surface area contributed by atoms with Gasteiger partial charge in [0.25, 0.3) is 0 Å². The first-order chi connectivity index (χ1) is 11.6. The lowest BCUT2D eigenvalue weighted by molar-refractivity contribution is -0.131. The summed E-state index contributed by atoms with van der Waals surface area (Å²) in [6.07, 6.45) is 0.743. The van der Waals surface area contributed by atoms with Crippen LogP contribution in [0.3, 0.4) is 0 Å². The Kier molecular flexibility index (Phi) is 6.27. The molecular formula is C19H30N2O3S. The van der Waals surface area contributed by atoms with Crippen LogP contribution in [0.15, 0.2) is 29.2 Å². The molecule has 0 radical (unpaired) electrons. The van der Waals surface area contributed by atoms with E-state index in [2.05, 4.69) is 27.7 Å². The van der Waals surface area contributed by atoms with E-state index in [0.717, 1.165) is 12.0 Å². The van der Waals surface area contributed by atoms with Gasteiger partial charge in [0.15, 0.2) is 0 Å². The molecule has 0 spiro atoms. The van der Waals surface area contributed by atoms with Gasteiger partial charge in [-0.1, -0.05) is 39.8 Å². The molecule has 1 atom stereocenters. The molecule has 1 aromatic carbocycles. The number of hydrogen-bond donors (Lipinski definition) is 0. The molecule has 6 heteroatoms. The van der Waals surface area contributed by atoms with Crippen LogP contribution in [0.1, 0.15) is 52.5 Å². The maximum absolute atomic E-state index is 13.2. The van der Waals surface area contributed by atoms with Crippen molar-refractivity contribution >= 4 is 15.9 Å². The van der Waals surface area contributed by atoms with Crippen LogP contribution in [0.5, 0.6) is 0 Å². The van der Waals surface area contributed by atoms with Gasteiger partial charge in [-0.05, 0) is 36.0 Å². The number of rotatable bonds is 5. The zero-order chi connectivity index (χ0) is 18.8. The fourth-order valence-electron chi connectivity index (χ4n) is 3.34. The normalized spacial score (nSPS) is 19.6. The first kappa shape index (κ1) is 19.9. The van der Waals surface area contributed by atoms with Gasteiger partial charge in [0.2, 0.25) is 15.9 Å². The van der Waals surface area contributed by atoms with Crippen LogP contribution in [0.25, 0.3) is 0 Å². The molecule has 140 valence electrons. The highest BCUT2D eigenvalue weighted by Crippen LogP contribution is 2.26. The summed E-state index contributed by atoms with van der Waals surface area (Å²) in [5.41, 5.74) is 1.12. The Morgan fingerprint density at radius 1 is 1.12 bits per heavy atom. The van der Waals surface area contributed by atoms with Crippen LogP contribution in [-0.4, -0.2) is 49.2 Å². The Labute approximate surface area is 152 Å². The molecule has 1 unspecified atom stereocenters. The number of piperazine rings is 1. The molecule has 0 saturated carbocycles. The minimum absolute atomic E-state index is 0.00657. The molecule has 2 rings (SSSR count). The van der Waals surface area contributed by atoms with Crippen molar-refractivity contribution in [3.63, 3.8) is 0 Å². The lowest BCUT2D eigenvalue weighted by Gasteiger charge is -2.41. The zero-order valence-electron chi connectivity index (χ0n) is 15.9. The average Bonchev–Trinajstić information content (AvgIpc) is 2.54. The molecule has 1 amide bonds. The Morgan fingerprint density at radius 2 is 1.72 bits per heavy atom. The van der Waals surface area contributed by atoms with Crippen molar-refractivity contribution in [2.75, 3.05) is 19.6 Å². The first-order valence-electron chi connectivity index (χ1n) is 9.00. The van der Waals surface area contributed by atoms with Crippen molar-refractivity contribution in [2.24, 2.45) is 5.92 Å². The van der Waals surface area contributed by atoms with Crippen molar-refractivity contribution in [1.29, 1.82) is 0 Å². The summed E-state index contributed by atoms with van der Waals surface area (Å²) in [6, 6.07) is 7.01. The molecule has 1 saturated heterocycles. The molecule has 1 heterocycles.